The Bertz CT molecular complexity index is 786. The first kappa shape index (κ1) is 24.9. The number of halogens is 1. The van der Waals surface area contributed by atoms with Gasteiger partial charge in [0.2, 0.25) is 5.91 Å². The molecular weight excluding hydrogens is 481 g/mol. The first-order valence-corrected chi connectivity index (χ1v) is 9.52. The molecule has 0 spiro atoms. The highest BCUT2D eigenvalue weighted by Gasteiger charge is 2.10. The van der Waals surface area contributed by atoms with Gasteiger partial charge in [-0.15, -0.1) is 34.2 Å². The molecule has 8 nitrogen and oxygen atoms in total. The molecule has 9 heteroatoms. The van der Waals surface area contributed by atoms with Crippen LogP contribution in [0, 0.1) is 6.92 Å². The molecule has 2 aromatic rings. The van der Waals surface area contributed by atoms with Gasteiger partial charge in [0.25, 0.3) is 0 Å². The highest BCUT2D eigenvalue weighted by molar-refractivity contribution is 14.0. The molecule has 0 aliphatic carbocycles. The van der Waals surface area contributed by atoms with Crippen LogP contribution in [0.15, 0.2) is 35.6 Å². The van der Waals surface area contributed by atoms with E-state index in [2.05, 4.69) is 58.6 Å². The van der Waals surface area contributed by atoms with Crippen molar-refractivity contribution in [3.63, 3.8) is 0 Å². The predicted molar refractivity (Wildman–Crippen MR) is 126 cm³/mol. The van der Waals surface area contributed by atoms with E-state index >= 15 is 0 Å². The summed E-state index contributed by atoms with van der Waals surface area (Å²) in [6.45, 7) is 6.34. The van der Waals surface area contributed by atoms with Crippen molar-refractivity contribution in [2.45, 2.75) is 33.4 Å². The lowest BCUT2D eigenvalue weighted by molar-refractivity contribution is -0.127. The fourth-order valence-electron chi connectivity index (χ4n) is 2.67. The van der Waals surface area contributed by atoms with Crippen LogP contribution in [0.4, 0.5) is 0 Å². The second kappa shape index (κ2) is 12.4. The van der Waals surface area contributed by atoms with Crippen molar-refractivity contribution in [2.75, 3.05) is 34.2 Å². The Morgan fingerprint density at radius 1 is 1.21 bits per heavy atom. The van der Waals surface area contributed by atoms with Crippen LogP contribution in [0.2, 0.25) is 0 Å². The van der Waals surface area contributed by atoms with Crippen molar-refractivity contribution < 1.29 is 4.79 Å². The van der Waals surface area contributed by atoms with Gasteiger partial charge in [-0.3, -0.25) is 4.79 Å². The third kappa shape index (κ3) is 8.00. The van der Waals surface area contributed by atoms with Gasteiger partial charge in [-0.2, -0.15) is 0 Å². The van der Waals surface area contributed by atoms with Crippen molar-refractivity contribution in [3.8, 4) is 0 Å². The molecule has 0 fully saturated rings. The third-order valence-electron chi connectivity index (χ3n) is 4.41. The van der Waals surface area contributed by atoms with Crippen LogP contribution >= 0.6 is 24.0 Å². The largest absolute Gasteiger partial charge is 0.354 e. The van der Waals surface area contributed by atoms with Gasteiger partial charge in [0.15, 0.2) is 5.96 Å². The highest BCUT2D eigenvalue weighted by Crippen LogP contribution is 2.06. The minimum absolute atomic E-state index is 0. The minimum Gasteiger partial charge on any atom is -0.354 e. The molecule has 0 unspecified atom stereocenters. The number of carbonyl (C=O) groups is 1. The lowest BCUT2D eigenvalue weighted by Gasteiger charge is -2.23. The summed E-state index contributed by atoms with van der Waals surface area (Å²) in [5.74, 6) is 1.62. The number of hydrogen-bond donors (Lipinski definition) is 1. The van der Waals surface area contributed by atoms with E-state index in [1.807, 2.05) is 16.5 Å². The summed E-state index contributed by atoms with van der Waals surface area (Å²) >= 11 is 0. The van der Waals surface area contributed by atoms with Gasteiger partial charge < -0.3 is 19.7 Å². The Morgan fingerprint density at radius 3 is 2.52 bits per heavy atom. The lowest BCUT2D eigenvalue weighted by atomic mass is 10.1. The van der Waals surface area contributed by atoms with Crippen LogP contribution in [0.25, 0.3) is 0 Å². The van der Waals surface area contributed by atoms with Crippen LogP contribution in [-0.4, -0.2) is 70.7 Å². The summed E-state index contributed by atoms with van der Waals surface area (Å²) in [5, 5.41) is 11.4. The summed E-state index contributed by atoms with van der Waals surface area (Å²) in [6.07, 6.45) is 2.58. The van der Waals surface area contributed by atoms with E-state index in [0.717, 1.165) is 18.8 Å². The Morgan fingerprint density at radius 2 is 1.90 bits per heavy atom. The van der Waals surface area contributed by atoms with Gasteiger partial charge in [-0.25, -0.2) is 4.99 Å². The predicted octanol–water partition coefficient (Wildman–Crippen LogP) is 1.93. The van der Waals surface area contributed by atoms with Crippen molar-refractivity contribution in [3.05, 3.63) is 47.5 Å². The number of carbonyl (C=O) groups excluding carboxylic acids is 1. The molecular formula is C20H32IN7O. The van der Waals surface area contributed by atoms with Gasteiger partial charge in [0.05, 0.1) is 0 Å². The zero-order valence-electron chi connectivity index (χ0n) is 17.9. The molecule has 0 aliphatic heterocycles. The van der Waals surface area contributed by atoms with Crippen LogP contribution in [0.1, 0.15) is 23.9 Å². The van der Waals surface area contributed by atoms with Crippen LogP contribution in [0.5, 0.6) is 0 Å². The highest BCUT2D eigenvalue weighted by atomic mass is 127. The fraction of sp³-hybridized carbons (Fsp3) is 0.500. The second-order valence-electron chi connectivity index (χ2n) is 6.99. The van der Waals surface area contributed by atoms with E-state index in [4.69, 9.17) is 0 Å². The molecule has 1 heterocycles. The van der Waals surface area contributed by atoms with Crippen molar-refractivity contribution in [1.29, 1.82) is 0 Å². The molecule has 0 saturated heterocycles. The third-order valence-corrected chi connectivity index (χ3v) is 4.41. The lowest BCUT2D eigenvalue weighted by Crippen LogP contribution is -2.41. The Kier molecular flexibility index (Phi) is 10.6. The SMILES string of the molecule is CCc1nncn1CCNC(=NCC(=O)N(C)C)N(C)Cc1ccc(C)cc1.I. The van der Waals surface area contributed by atoms with E-state index in [1.54, 1.807) is 25.3 Å². The second-order valence-corrected chi connectivity index (χ2v) is 6.99. The van der Waals surface area contributed by atoms with E-state index in [9.17, 15) is 4.79 Å². The van der Waals surface area contributed by atoms with Crippen LogP contribution in [-0.2, 0) is 24.3 Å². The quantitative estimate of drug-likeness (QED) is 0.332. The summed E-state index contributed by atoms with van der Waals surface area (Å²) in [5.41, 5.74) is 2.42. The molecule has 0 radical (unpaired) electrons. The maximum absolute atomic E-state index is 12.0. The molecule has 1 aromatic heterocycles. The maximum Gasteiger partial charge on any atom is 0.243 e. The number of aliphatic imine (C=N–C) groups is 1. The van der Waals surface area contributed by atoms with Gasteiger partial charge >= 0.3 is 0 Å². The number of aromatic nitrogens is 3. The topological polar surface area (TPSA) is 78.6 Å². The fourth-order valence-corrected chi connectivity index (χ4v) is 2.67. The standard InChI is InChI=1S/C20H31N7O.HI/c1-6-18-24-23-15-27(18)12-11-21-20(22-13-19(28)25(3)4)26(5)14-17-9-7-16(2)8-10-17;/h7-10,15H,6,11-14H2,1-5H3,(H,21,22);1H. The van der Waals surface area contributed by atoms with Crippen molar-refractivity contribution >= 4 is 35.8 Å². The Labute approximate surface area is 190 Å². The Hall–Kier alpha value is -2.17. The molecule has 160 valence electrons. The molecule has 0 atom stereocenters. The van der Waals surface area contributed by atoms with Gasteiger partial charge in [0, 0.05) is 47.2 Å². The van der Waals surface area contributed by atoms with Crippen LogP contribution < -0.4 is 5.32 Å². The van der Waals surface area contributed by atoms with Crippen molar-refractivity contribution in [1.82, 2.24) is 29.9 Å². The number of nitrogens with one attached hydrogen (secondary N) is 1. The molecule has 1 aromatic carbocycles. The first-order chi connectivity index (χ1) is 13.4. The molecule has 1 amide bonds. The first-order valence-electron chi connectivity index (χ1n) is 9.52. The summed E-state index contributed by atoms with van der Waals surface area (Å²) in [6, 6.07) is 8.42. The number of hydrogen-bond acceptors (Lipinski definition) is 4. The average Bonchev–Trinajstić information content (AvgIpc) is 3.13. The summed E-state index contributed by atoms with van der Waals surface area (Å²) in [7, 11) is 5.45. The minimum atomic E-state index is -0.0323. The molecule has 0 saturated carbocycles. The number of guanidine groups is 1. The molecule has 0 aliphatic rings. The van der Waals surface area contributed by atoms with Crippen molar-refractivity contribution in [2.24, 2.45) is 4.99 Å². The molecule has 1 N–H and O–H groups in total. The number of aryl methyl sites for hydroxylation is 2. The average molecular weight is 513 g/mol. The zero-order valence-corrected chi connectivity index (χ0v) is 20.3. The number of rotatable bonds is 8. The number of benzene rings is 1. The number of likely N-dealkylation sites (N-methyl/N-ethyl adjacent to an activating group) is 1. The van der Waals surface area contributed by atoms with E-state index in [-0.39, 0.29) is 36.4 Å². The maximum atomic E-state index is 12.0. The normalized spacial score (nSPS) is 11.0. The van der Waals surface area contributed by atoms with Gasteiger partial charge in [-0.1, -0.05) is 36.8 Å². The smallest absolute Gasteiger partial charge is 0.243 e. The Balaban J connectivity index is 0.00000420. The number of amides is 1. The van der Waals surface area contributed by atoms with Gasteiger partial charge in [0.1, 0.15) is 18.7 Å². The molecule has 2 rings (SSSR count). The molecule has 0 bridgehead atoms. The summed E-state index contributed by atoms with van der Waals surface area (Å²) < 4.78 is 2.02. The number of nitrogens with zero attached hydrogens (tertiary/aromatic N) is 6. The van der Waals surface area contributed by atoms with Gasteiger partial charge in [-0.05, 0) is 12.5 Å². The van der Waals surface area contributed by atoms with E-state index < -0.39 is 0 Å². The molecule has 29 heavy (non-hydrogen) atoms. The van der Waals surface area contributed by atoms with E-state index in [1.165, 1.54) is 11.1 Å². The van der Waals surface area contributed by atoms with Crippen LogP contribution in [0.3, 0.4) is 0 Å². The van der Waals surface area contributed by atoms with E-state index in [0.29, 0.717) is 19.0 Å². The monoisotopic (exact) mass is 513 g/mol. The summed E-state index contributed by atoms with van der Waals surface area (Å²) in [4.78, 5) is 20.1. The zero-order chi connectivity index (χ0) is 20.5.